The Morgan fingerprint density at radius 3 is 2.70 bits per heavy atom. The van der Waals surface area contributed by atoms with Gasteiger partial charge in [0, 0.05) is 18.6 Å². The topological polar surface area (TPSA) is 80.2 Å². The molecule has 0 aromatic carbocycles. The zero-order chi connectivity index (χ0) is 13.7. The molecule has 4 fully saturated rings. The van der Waals surface area contributed by atoms with Crippen LogP contribution in [0, 0.1) is 17.2 Å². The Morgan fingerprint density at radius 1 is 1.20 bits per heavy atom. The molecule has 110 valence electrons. The van der Waals surface area contributed by atoms with E-state index in [9.17, 15) is 4.79 Å². The lowest BCUT2D eigenvalue weighted by Crippen LogP contribution is -2.57. The molecule has 3 aliphatic heterocycles. The van der Waals surface area contributed by atoms with Gasteiger partial charge in [-0.2, -0.15) is 0 Å². The Balaban J connectivity index is 1.44. The minimum atomic E-state index is -0.136. The maximum atomic E-state index is 12.6. The Labute approximate surface area is 119 Å². The standard InChI is InChI=1S/C14H23N5O/c15-14-17-10-3-4-11(19(14)7-10)13(20)18-12-8-1-2-9(12)6-16-5-8/h8-12,16H,1-7H2,(H2,15,17)(H,18,20)/t8?,9?,10-,11+,12?/m1/s1. The summed E-state index contributed by atoms with van der Waals surface area (Å²) in [5.74, 6) is 1.78. The number of amides is 1. The van der Waals surface area contributed by atoms with Gasteiger partial charge in [0.05, 0.1) is 0 Å². The molecule has 1 amide bonds. The van der Waals surface area contributed by atoms with Crippen LogP contribution in [0.1, 0.15) is 25.7 Å². The Bertz CT molecular complexity index is 423. The highest BCUT2D eigenvalue weighted by Gasteiger charge is 2.44. The van der Waals surface area contributed by atoms with E-state index in [1.165, 1.54) is 12.8 Å². The fraction of sp³-hybridized carbons (Fsp3) is 0.857. The molecule has 6 heteroatoms. The SMILES string of the molecule is N=C1N[C@@H]2CC[C@@H](C(=O)NC3C4CCC3CNC4)N1C2. The first-order chi connectivity index (χ1) is 9.72. The molecule has 4 rings (SSSR count). The van der Waals surface area contributed by atoms with Gasteiger partial charge in [0.1, 0.15) is 6.04 Å². The van der Waals surface area contributed by atoms with Crippen LogP contribution in [-0.4, -0.2) is 54.5 Å². The molecular weight excluding hydrogens is 254 g/mol. The number of nitrogens with one attached hydrogen (secondary N) is 4. The first kappa shape index (κ1) is 12.4. The number of carbonyl (C=O) groups is 1. The van der Waals surface area contributed by atoms with E-state index in [1.54, 1.807) is 0 Å². The second-order valence-electron chi connectivity index (χ2n) is 6.73. The van der Waals surface area contributed by atoms with E-state index in [0.717, 1.165) is 32.5 Å². The number of carbonyl (C=O) groups excluding carboxylic acids is 1. The van der Waals surface area contributed by atoms with Crippen molar-refractivity contribution in [2.24, 2.45) is 11.8 Å². The van der Waals surface area contributed by atoms with Crippen molar-refractivity contribution in [3.05, 3.63) is 0 Å². The number of hydrogen-bond donors (Lipinski definition) is 4. The number of nitrogens with zero attached hydrogens (tertiary/aromatic N) is 1. The average molecular weight is 277 g/mol. The van der Waals surface area contributed by atoms with Crippen LogP contribution in [0.4, 0.5) is 0 Å². The maximum absolute atomic E-state index is 12.6. The van der Waals surface area contributed by atoms with Crippen molar-refractivity contribution < 1.29 is 4.79 Å². The molecule has 0 aromatic heterocycles. The summed E-state index contributed by atoms with van der Waals surface area (Å²) in [6.45, 7) is 2.89. The highest BCUT2D eigenvalue weighted by Crippen LogP contribution is 2.34. The van der Waals surface area contributed by atoms with Gasteiger partial charge in [-0.15, -0.1) is 0 Å². The Morgan fingerprint density at radius 2 is 1.95 bits per heavy atom. The molecule has 1 aliphatic carbocycles. The third-order valence-electron chi connectivity index (χ3n) is 5.56. The van der Waals surface area contributed by atoms with Gasteiger partial charge in [0.2, 0.25) is 5.91 Å². The van der Waals surface area contributed by atoms with Gasteiger partial charge in [-0.3, -0.25) is 10.2 Å². The third kappa shape index (κ3) is 1.89. The highest BCUT2D eigenvalue weighted by atomic mass is 16.2. The fourth-order valence-electron chi connectivity index (χ4n) is 4.47. The van der Waals surface area contributed by atoms with Crippen LogP contribution >= 0.6 is 0 Å². The van der Waals surface area contributed by atoms with Gasteiger partial charge in [-0.05, 0) is 50.6 Å². The molecule has 1 saturated carbocycles. The van der Waals surface area contributed by atoms with Crippen molar-refractivity contribution in [1.29, 1.82) is 5.41 Å². The summed E-state index contributed by atoms with van der Waals surface area (Å²) in [5.41, 5.74) is 0. The number of hydrogen-bond acceptors (Lipinski definition) is 3. The van der Waals surface area contributed by atoms with E-state index in [1.807, 2.05) is 4.90 Å². The zero-order valence-electron chi connectivity index (χ0n) is 11.7. The molecule has 4 N–H and O–H groups in total. The summed E-state index contributed by atoms with van der Waals surface area (Å²) in [6.07, 6.45) is 4.33. The molecule has 4 atom stereocenters. The first-order valence-corrected chi connectivity index (χ1v) is 7.85. The van der Waals surface area contributed by atoms with Crippen LogP contribution in [0.15, 0.2) is 0 Å². The van der Waals surface area contributed by atoms with Gasteiger partial charge in [-0.1, -0.05) is 0 Å². The lowest BCUT2D eigenvalue weighted by molar-refractivity contribution is -0.127. The molecular formula is C14H23N5O. The van der Waals surface area contributed by atoms with Gasteiger partial charge < -0.3 is 20.9 Å². The number of guanidine groups is 1. The van der Waals surface area contributed by atoms with Crippen molar-refractivity contribution in [3.63, 3.8) is 0 Å². The van der Waals surface area contributed by atoms with Gasteiger partial charge in [0.25, 0.3) is 0 Å². The third-order valence-corrected chi connectivity index (χ3v) is 5.56. The summed E-state index contributed by atoms with van der Waals surface area (Å²) in [4.78, 5) is 14.6. The van der Waals surface area contributed by atoms with Crippen molar-refractivity contribution in [2.45, 2.75) is 43.8 Å². The van der Waals surface area contributed by atoms with Gasteiger partial charge in [-0.25, -0.2) is 0 Å². The van der Waals surface area contributed by atoms with Crippen molar-refractivity contribution in [1.82, 2.24) is 20.9 Å². The summed E-state index contributed by atoms with van der Waals surface area (Å²) in [5, 5.41) is 17.9. The number of piperidine rings is 2. The smallest absolute Gasteiger partial charge is 0.243 e. The van der Waals surface area contributed by atoms with Crippen LogP contribution in [0.5, 0.6) is 0 Å². The van der Waals surface area contributed by atoms with Crippen LogP contribution in [0.25, 0.3) is 0 Å². The minimum absolute atomic E-state index is 0.136. The van der Waals surface area contributed by atoms with E-state index >= 15 is 0 Å². The molecule has 20 heavy (non-hydrogen) atoms. The minimum Gasteiger partial charge on any atom is -0.352 e. The molecule has 0 aromatic rings. The Hall–Kier alpha value is -1.30. The monoisotopic (exact) mass is 277 g/mol. The van der Waals surface area contributed by atoms with Gasteiger partial charge in [0.15, 0.2) is 5.96 Å². The first-order valence-electron chi connectivity index (χ1n) is 7.85. The summed E-state index contributed by atoms with van der Waals surface area (Å²) in [6, 6.07) is 0.593. The van der Waals surface area contributed by atoms with E-state index in [4.69, 9.17) is 5.41 Å². The molecule has 6 nitrogen and oxygen atoms in total. The quantitative estimate of drug-likeness (QED) is 0.547. The van der Waals surface area contributed by atoms with E-state index in [2.05, 4.69) is 16.0 Å². The van der Waals surface area contributed by atoms with Crippen molar-refractivity contribution >= 4 is 11.9 Å². The molecule has 0 spiro atoms. The van der Waals surface area contributed by atoms with Crippen molar-refractivity contribution in [2.75, 3.05) is 19.6 Å². The number of fused-ring (bicyclic) bond motifs is 4. The van der Waals surface area contributed by atoms with Crippen molar-refractivity contribution in [3.8, 4) is 0 Å². The molecule has 3 saturated heterocycles. The fourth-order valence-corrected chi connectivity index (χ4v) is 4.47. The van der Waals surface area contributed by atoms with Crippen LogP contribution in [-0.2, 0) is 4.79 Å². The van der Waals surface area contributed by atoms with Crippen LogP contribution in [0.2, 0.25) is 0 Å². The summed E-state index contributed by atoms with van der Waals surface area (Å²) in [7, 11) is 0. The van der Waals surface area contributed by atoms with Gasteiger partial charge >= 0.3 is 0 Å². The molecule has 0 radical (unpaired) electrons. The average Bonchev–Trinajstić information content (AvgIpc) is 2.83. The Kier molecular flexibility index (Phi) is 2.87. The predicted molar refractivity (Wildman–Crippen MR) is 75.4 cm³/mol. The lowest BCUT2D eigenvalue weighted by atomic mass is 9.92. The molecule has 2 unspecified atom stereocenters. The highest BCUT2D eigenvalue weighted by molar-refractivity contribution is 5.89. The maximum Gasteiger partial charge on any atom is 0.243 e. The second kappa shape index (κ2) is 4.62. The van der Waals surface area contributed by atoms with Crippen LogP contribution in [0.3, 0.4) is 0 Å². The van der Waals surface area contributed by atoms with Crippen LogP contribution < -0.4 is 16.0 Å². The summed E-state index contributed by atoms with van der Waals surface area (Å²) < 4.78 is 0. The van der Waals surface area contributed by atoms with E-state index < -0.39 is 0 Å². The largest absolute Gasteiger partial charge is 0.352 e. The lowest BCUT2D eigenvalue weighted by Gasteiger charge is -2.35. The van der Waals surface area contributed by atoms with E-state index in [-0.39, 0.29) is 11.9 Å². The van der Waals surface area contributed by atoms with E-state index in [0.29, 0.717) is 29.9 Å². The predicted octanol–water partition coefficient (Wildman–Crippen LogP) is -0.528. The molecule has 3 heterocycles. The molecule has 4 bridgehead atoms. The molecule has 4 aliphatic rings. The summed E-state index contributed by atoms with van der Waals surface area (Å²) >= 11 is 0. The normalized spacial score (nSPS) is 42.5. The zero-order valence-corrected chi connectivity index (χ0v) is 11.7. The number of rotatable bonds is 2. The second-order valence-corrected chi connectivity index (χ2v) is 6.73.